The molecule has 0 aliphatic heterocycles. The summed E-state index contributed by atoms with van der Waals surface area (Å²) in [6.45, 7) is 5.89. The third-order valence-electron chi connectivity index (χ3n) is 6.65. The molecule has 2 rings (SSSR count). The maximum atomic E-state index is 12.9. The summed E-state index contributed by atoms with van der Waals surface area (Å²) in [5.74, 6) is -0.498. The van der Waals surface area contributed by atoms with E-state index in [1.807, 2.05) is 67.6 Å². The molecular formula is C34H51N3O8. The molecule has 0 bridgehead atoms. The van der Waals surface area contributed by atoms with Crippen molar-refractivity contribution in [2.45, 2.75) is 65.1 Å². The Bertz CT molecular complexity index is 1060. The number of rotatable bonds is 26. The van der Waals surface area contributed by atoms with Gasteiger partial charge in [-0.2, -0.15) is 0 Å². The van der Waals surface area contributed by atoms with Gasteiger partial charge in [-0.3, -0.25) is 24.1 Å². The third-order valence-corrected chi connectivity index (χ3v) is 6.65. The smallest absolute Gasteiger partial charge is 0.246 e. The van der Waals surface area contributed by atoms with Crippen LogP contribution in [0.1, 0.15) is 63.0 Å². The normalized spacial score (nSPS) is 10.9. The Morgan fingerprint density at radius 1 is 0.644 bits per heavy atom. The van der Waals surface area contributed by atoms with E-state index in [9.17, 15) is 14.4 Å². The summed E-state index contributed by atoms with van der Waals surface area (Å²) in [5, 5.41) is 5.63. The largest absolute Gasteiger partial charge is 0.382 e. The van der Waals surface area contributed by atoms with E-state index in [-0.39, 0.29) is 50.3 Å². The first-order valence-corrected chi connectivity index (χ1v) is 15.9. The standard InChI is InChI=1S/C34H51N3O8/c1-3-13-33(39)36(44-28-30-14-7-4-8-15-30)21-12-6-11-20-35-32(38)18-19-34(40)37(45-29-31-16-9-5-10-17-31)22-23-42-26-27-43-25-24-41-2/h4-5,7-10,14-17H,3,6,11-13,18-29H2,1-2H3,(H,35,38). The molecule has 0 unspecified atom stereocenters. The number of benzene rings is 2. The minimum Gasteiger partial charge on any atom is -0.382 e. The van der Waals surface area contributed by atoms with Gasteiger partial charge in [-0.05, 0) is 36.8 Å². The van der Waals surface area contributed by atoms with Gasteiger partial charge in [0, 0.05) is 39.5 Å². The number of carbonyl (C=O) groups excluding carboxylic acids is 3. The summed E-state index contributed by atoms with van der Waals surface area (Å²) in [7, 11) is 1.62. The minimum absolute atomic E-state index is 0.0216. The van der Waals surface area contributed by atoms with Crippen molar-refractivity contribution >= 4 is 17.7 Å². The van der Waals surface area contributed by atoms with Gasteiger partial charge in [-0.15, -0.1) is 0 Å². The van der Waals surface area contributed by atoms with E-state index in [2.05, 4.69) is 5.32 Å². The lowest BCUT2D eigenvalue weighted by atomic mass is 10.2. The SMILES string of the molecule is CCCC(=O)N(CCCCCNC(=O)CCC(=O)N(CCOCCOCCOC)OCc1ccccc1)OCc1ccccc1. The number of carbonyl (C=O) groups is 3. The van der Waals surface area contributed by atoms with Crippen molar-refractivity contribution in [2.24, 2.45) is 0 Å². The first-order chi connectivity index (χ1) is 22.0. The molecule has 11 heteroatoms. The monoisotopic (exact) mass is 629 g/mol. The summed E-state index contributed by atoms with van der Waals surface area (Å²) in [6.07, 6.45) is 3.62. The number of hydrogen-bond donors (Lipinski definition) is 1. The number of nitrogens with one attached hydrogen (secondary N) is 1. The van der Waals surface area contributed by atoms with Crippen LogP contribution in [-0.4, -0.2) is 87.6 Å². The highest BCUT2D eigenvalue weighted by atomic mass is 16.7. The second kappa shape index (κ2) is 24.9. The highest BCUT2D eigenvalue weighted by Gasteiger charge is 2.17. The number of unbranched alkanes of at least 4 members (excludes halogenated alkanes) is 2. The zero-order valence-electron chi connectivity index (χ0n) is 27.0. The van der Waals surface area contributed by atoms with Crippen molar-refractivity contribution in [3.63, 3.8) is 0 Å². The average Bonchev–Trinajstić information content (AvgIpc) is 3.06. The second-order valence-corrected chi connectivity index (χ2v) is 10.4. The summed E-state index contributed by atoms with van der Waals surface area (Å²) in [6, 6.07) is 19.3. The van der Waals surface area contributed by atoms with Crippen LogP contribution in [0.25, 0.3) is 0 Å². The zero-order chi connectivity index (χ0) is 32.4. The molecule has 0 aromatic heterocycles. The lowest BCUT2D eigenvalue weighted by Crippen LogP contribution is -2.35. The van der Waals surface area contributed by atoms with Gasteiger partial charge < -0.3 is 19.5 Å². The van der Waals surface area contributed by atoms with E-state index in [1.165, 1.54) is 10.1 Å². The van der Waals surface area contributed by atoms with Gasteiger partial charge in [0.25, 0.3) is 0 Å². The molecule has 3 amide bonds. The maximum absolute atomic E-state index is 12.9. The van der Waals surface area contributed by atoms with Crippen LogP contribution < -0.4 is 5.32 Å². The van der Waals surface area contributed by atoms with Crippen molar-refractivity contribution in [3.05, 3.63) is 71.8 Å². The quantitative estimate of drug-likeness (QED) is 0.120. The highest BCUT2D eigenvalue weighted by Crippen LogP contribution is 2.09. The van der Waals surface area contributed by atoms with E-state index in [0.717, 1.165) is 36.8 Å². The molecular weight excluding hydrogens is 578 g/mol. The first kappa shape index (κ1) is 37.8. The molecule has 0 aliphatic carbocycles. The van der Waals surface area contributed by atoms with Crippen LogP contribution >= 0.6 is 0 Å². The number of methoxy groups -OCH3 is 1. The number of hydroxylamine groups is 4. The maximum Gasteiger partial charge on any atom is 0.246 e. The molecule has 2 aromatic rings. The molecule has 0 spiro atoms. The fourth-order valence-corrected chi connectivity index (χ4v) is 4.14. The van der Waals surface area contributed by atoms with Crippen LogP contribution in [0.3, 0.4) is 0 Å². The van der Waals surface area contributed by atoms with Crippen LogP contribution in [0.5, 0.6) is 0 Å². The van der Waals surface area contributed by atoms with E-state index >= 15 is 0 Å². The van der Waals surface area contributed by atoms with Crippen molar-refractivity contribution in [2.75, 3.05) is 59.8 Å². The fraction of sp³-hybridized carbons (Fsp3) is 0.559. The summed E-state index contributed by atoms with van der Waals surface area (Å²) in [4.78, 5) is 49.4. The predicted octanol–water partition coefficient (Wildman–Crippen LogP) is 4.45. The van der Waals surface area contributed by atoms with E-state index in [4.69, 9.17) is 23.9 Å². The predicted molar refractivity (Wildman–Crippen MR) is 170 cm³/mol. The summed E-state index contributed by atoms with van der Waals surface area (Å²) >= 11 is 0. The Hall–Kier alpha value is -3.35. The molecule has 11 nitrogen and oxygen atoms in total. The van der Waals surface area contributed by atoms with Gasteiger partial charge in [-0.25, -0.2) is 10.1 Å². The van der Waals surface area contributed by atoms with Crippen LogP contribution in [0, 0.1) is 0 Å². The van der Waals surface area contributed by atoms with Crippen molar-refractivity contribution in [1.82, 2.24) is 15.4 Å². The molecule has 0 saturated heterocycles. The molecule has 0 aliphatic rings. The fourth-order valence-electron chi connectivity index (χ4n) is 4.14. The molecule has 0 atom stereocenters. The number of hydrogen-bond acceptors (Lipinski definition) is 8. The molecule has 0 fully saturated rings. The average molecular weight is 630 g/mol. The molecule has 2 aromatic carbocycles. The Morgan fingerprint density at radius 3 is 1.80 bits per heavy atom. The van der Waals surface area contributed by atoms with Gasteiger partial charge in [0.1, 0.15) is 13.2 Å². The first-order valence-electron chi connectivity index (χ1n) is 15.9. The Labute approximate surface area is 268 Å². The van der Waals surface area contributed by atoms with Gasteiger partial charge in [0.15, 0.2) is 0 Å². The van der Waals surface area contributed by atoms with E-state index < -0.39 is 0 Å². The second-order valence-electron chi connectivity index (χ2n) is 10.4. The van der Waals surface area contributed by atoms with Crippen molar-refractivity contribution in [3.8, 4) is 0 Å². The Morgan fingerprint density at radius 2 is 1.20 bits per heavy atom. The van der Waals surface area contributed by atoms with E-state index in [0.29, 0.717) is 52.5 Å². The van der Waals surface area contributed by atoms with Crippen LogP contribution in [0.4, 0.5) is 0 Å². The van der Waals surface area contributed by atoms with Gasteiger partial charge in [0.2, 0.25) is 17.7 Å². The number of nitrogens with zero attached hydrogens (tertiary/aromatic N) is 2. The molecule has 0 radical (unpaired) electrons. The number of amides is 3. The molecule has 45 heavy (non-hydrogen) atoms. The molecule has 1 N–H and O–H groups in total. The highest BCUT2D eigenvalue weighted by molar-refractivity contribution is 5.83. The number of ether oxygens (including phenoxy) is 3. The van der Waals surface area contributed by atoms with Crippen LogP contribution in [-0.2, 0) is 51.5 Å². The zero-order valence-corrected chi connectivity index (χ0v) is 27.0. The molecule has 0 saturated carbocycles. The van der Waals surface area contributed by atoms with Crippen LogP contribution in [0.15, 0.2) is 60.7 Å². The summed E-state index contributed by atoms with van der Waals surface area (Å²) in [5.41, 5.74) is 1.94. The van der Waals surface area contributed by atoms with Gasteiger partial charge in [0.05, 0.1) is 39.6 Å². The molecule has 250 valence electrons. The van der Waals surface area contributed by atoms with Crippen molar-refractivity contribution in [1.29, 1.82) is 0 Å². The Balaban J connectivity index is 1.67. The lowest BCUT2D eigenvalue weighted by molar-refractivity contribution is -0.195. The van der Waals surface area contributed by atoms with Gasteiger partial charge >= 0.3 is 0 Å². The van der Waals surface area contributed by atoms with Gasteiger partial charge in [-0.1, -0.05) is 67.6 Å². The van der Waals surface area contributed by atoms with E-state index in [1.54, 1.807) is 7.11 Å². The summed E-state index contributed by atoms with van der Waals surface area (Å²) < 4.78 is 15.9. The third kappa shape index (κ3) is 18.3. The lowest BCUT2D eigenvalue weighted by Gasteiger charge is -2.22. The Kier molecular flexibility index (Phi) is 20.9. The minimum atomic E-state index is -0.284. The topological polar surface area (TPSA) is 116 Å². The van der Waals surface area contributed by atoms with Crippen molar-refractivity contribution < 1.29 is 38.3 Å². The molecule has 0 heterocycles. The van der Waals surface area contributed by atoms with Crippen LogP contribution in [0.2, 0.25) is 0 Å².